The van der Waals surface area contributed by atoms with Crippen molar-refractivity contribution in [3.05, 3.63) is 168 Å². The Morgan fingerprint density at radius 2 is 1.49 bits per heavy atom. The summed E-state index contributed by atoms with van der Waals surface area (Å²) < 4.78 is 8.68. The van der Waals surface area contributed by atoms with E-state index in [1.807, 2.05) is 49.5 Å². The average Bonchev–Trinajstić information content (AvgIpc) is 3.95. The van der Waals surface area contributed by atoms with Gasteiger partial charge in [0.1, 0.15) is 11.8 Å². The number of nitriles is 1. The van der Waals surface area contributed by atoms with Crippen molar-refractivity contribution in [1.29, 1.82) is 5.26 Å². The minimum atomic E-state index is -1.36. The summed E-state index contributed by atoms with van der Waals surface area (Å²) in [5.41, 5.74) is 14.5. The van der Waals surface area contributed by atoms with Gasteiger partial charge in [-0.3, -0.25) is 9.97 Å². The first-order valence-corrected chi connectivity index (χ1v) is 28.0. The first-order valence-electron chi connectivity index (χ1n) is 24.5. The number of imidazole rings is 1. The zero-order valence-electron chi connectivity index (χ0n) is 41.3. The van der Waals surface area contributed by atoms with Gasteiger partial charge < -0.3 is 14.0 Å². The molecule has 0 unspecified atom stereocenters. The van der Waals surface area contributed by atoms with E-state index in [1.165, 1.54) is 65.1 Å². The van der Waals surface area contributed by atoms with Crippen molar-refractivity contribution in [1.82, 2.24) is 24.5 Å². The summed E-state index contributed by atoms with van der Waals surface area (Å²) in [6, 6.07) is 48.8. The van der Waals surface area contributed by atoms with Gasteiger partial charge in [0.2, 0.25) is 5.71 Å². The molecule has 1 radical (unpaired) electrons. The number of rotatable bonds is 8. The maximum Gasteiger partial charge on any atom is 0.217 e. The molecule has 5 aromatic heterocycles. The smallest absolute Gasteiger partial charge is 0.217 e. The maximum absolute atomic E-state index is 9.47. The fourth-order valence-corrected chi connectivity index (χ4v) is 11.9. The number of furan rings is 1. The molecule has 0 bridgehead atoms. The van der Waals surface area contributed by atoms with Gasteiger partial charge in [-0.05, 0) is 118 Å². The molecule has 0 N–H and O–H groups in total. The third-order valence-corrected chi connectivity index (χ3v) is 15.9. The Morgan fingerprint density at radius 1 is 0.743 bits per heavy atom. The normalized spacial score (nSPS) is 13.2. The van der Waals surface area contributed by atoms with Gasteiger partial charge in [0, 0.05) is 43.6 Å². The van der Waals surface area contributed by atoms with Crippen molar-refractivity contribution < 1.29 is 24.5 Å². The molecule has 0 atom stereocenters. The van der Waals surface area contributed by atoms with Crippen LogP contribution in [0.5, 0.6) is 0 Å². The van der Waals surface area contributed by atoms with Crippen molar-refractivity contribution >= 4 is 57.1 Å². The standard InChI is InChI=1S/C41H32N5O.C20H26NSi.Ir/c1-23(2)34-20-29(28-14-13-26-9-6-7-10-27(26)19-28)21-35(24(3)4)38(34)46-37-25(5)43-18-17-36(37)45-40(46)33-12-8-11-31-32-16-15-30(22-42)44-41(32)47-39(31)33;1-22(2,3)20-15-21-19(17-12-8-5-9-13-17)14-18(20)16-10-6-4-7-11-16;/h6-11,13-21,23-24H,1-5H3;5,8-9,12,14-16H,4,6-7,10-11H2,1-3H3;/q2*-1;. The van der Waals surface area contributed by atoms with Crippen molar-refractivity contribution in [2.75, 3.05) is 0 Å². The van der Waals surface area contributed by atoms with Gasteiger partial charge >= 0.3 is 0 Å². The number of fused-ring (bicyclic) bond motifs is 5. The summed E-state index contributed by atoms with van der Waals surface area (Å²) in [6.07, 6.45) is 10.8. The van der Waals surface area contributed by atoms with Gasteiger partial charge in [-0.15, -0.1) is 54.1 Å². The molecule has 5 heterocycles. The molecule has 0 spiro atoms. The average molecular weight is 1110 g/mol. The van der Waals surface area contributed by atoms with E-state index in [9.17, 15) is 5.26 Å². The summed E-state index contributed by atoms with van der Waals surface area (Å²) in [5, 5.41) is 15.2. The fourth-order valence-electron chi connectivity index (χ4n) is 10.3. The molecule has 5 aromatic carbocycles. The minimum Gasteiger partial charge on any atom is -0.486 e. The predicted molar refractivity (Wildman–Crippen MR) is 286 cm³/mol. The summed E-state index contributed by atoms with van der Waals surface area (Å²) in [6.45, 7) is 18.4. The zero-order valence-corrected chi connectivity index (χ0v) is 44.7. The molecule has 1 saturated carbocycles. The van der Waals surface area contributed by atoms with E-state index in [-0.39, 0.29) is 31.9 Å². The van der Waals surface area contributed by atoms with Crippen molar-refractivity contribution in [3.63, 3.8) is 0 Å². The van der Waals surface area contributed by atoms with E-state index in [0.717, 1.165) is 61.8 Å². The topological polar surface area (TPSA) is 93.4 Å². The molecule has 7 nitrogen and oxygen atoms in total. The van der Waals surface area contributed by atoms with Crippen LogP contribution >= 0.6 is 0 Å². The van der Waals surface area contributed by atoms with Gasteiger partial charge in [-0.1, -0.05) is 126 Å². The van der Waals surface area contributed by atoms with Crippen molar-refractivity contribution in [2.45, 2.75) is 104 Å². The molecule has 353 valence electrons. The molecule has 9 heteroatoms. The number of pyridine rings is 3. The molecular weight excluding hydrogens is 1050 g/mol. The largest absolute Gasteiger partial charge is 0.486 e. The second-order valence-corrected chi connectivity index (χ2v) is 25.3. The Morgan fingerprint density at radius 3 is 2.19 bits per heavy atom. The zero-order chi connectivity index (χ0) is 48.0. The minimum absolute atomic E-state index is 0. The number of hydrogen-bond donors (Lipinski definition) is 0. The van der Waals surface area contributed by atoms with Gasteiger partial charge in [-0.2, -0.15) is 5.26 Å². The first kappa shape index (κ1) is 48.5. The molecule has 11 rings (SSSR count). The Balaban J connectivity index is 0.000000222. The Bertz CT molecular complexity index is 3540. The van der Waals surface area contributed by atoms with E-state index in [2.05, 4.69) is 154 Å². The van der Waals surface area contributed by atoms with E-state index < -0.39 is 8.07 Å². The van der Waals surface area contributed by atoms with Crippen LogP contribution in [0.3, 0.4) is 0 Å². The summed E-state index contributed by atoms with van der Waals surface area (Å²) in [7, 11) is -1.36. The van der Waals surface area contributed by atoms with Gasteiger partial charge in [0.25, 0.3) is 0 Å². The van der Waals surface area contributed by atoms with E-state index in [0.29, 0.717) is 17.0 Å². The fraction of sp³-hybridized carbons (Fsp3) is 0.262. The molecule has 1 aliphatic carbocycles. The predicted octanol–water partition coefficient (Wildman–Crippen LogP) is 15.6. The van der Waals surface area contributed by atoms with Crippen LogP contribution < -0.4 is 5.19 Å². The molecule has 10 aromatic rings. The number of aryl methyl sites for hydroxylation is 1. The van der Waals surface area contributed by atoms with Crippen LogP contribution in [0, 0.1) is 30.4 Å². The van der Waals surface area contributed by atoms with Crippen LogP contribution in [-0.4, -0.2) is 32.6 Å². The van der Waals surface area contributed by atoms with E-state index in [4.69, 9.17) is 19.4 Å². The summed E-state index contributed by atoms with van der Waals surface area (Å²) in [4.78, 5) is 19.2. The first-order chi connectivity index (χ1) is 33.4. The molecular formula is C61H58IrN6OSi-2. The van der Waals surface area contributed by atoms with Crippen LogP contribution in [-0.2, 0) is 20.1 Å². The van der Waals surface area contributed by atoms with E-state index >= 15 is 0 Å². The maximum atomic E-state index is 9.47. The molecule has 0 amide bonds. The Labute approximate surface area is 426 Å². The number of hydrogen-bond acceptors (Lipinski definition) is 6. The second-order valence-electron chi connectivity index (χ2n) is 20.3. The molecule has 1 fully saturated rings. The van der Waals surface area contributed by atoms with Crippen LogP contribution in [0.4, 0.5) is 0 Å². The quantitative estimate of drug-likeness (QED) is 0.111. The molecule has 0 saturated heterocycles. The second kappa shape index (κ2) is 20.0. The van der Waals surface area contributed by atoms with Gasteiger partial charge in [0.05, 0.1) is 36.2 Å². The van der Waals surface area contributed by atoms with Gasteiger partial charge in [0.15, 0.2) is 0 Å². The van der Waals surface area contributed by atoms with Crippen LogP contribution in [0.15, 0.2) is 132 Å². The third kappa shape index (κ3) is 9.29. The summed E-state index contributed by atoms with van der Waals surface area (Å²) >= 11 is 0. The number of benzene rings is 5. The van der Waals surface area contributed by atoms with Gasteiger partial charge in [-0.25, -0.2) is 4.98 Å². The van der Waals surface area contributed by atoms with Crippen molar-refractivity contribution in [3.8, 4) is 45.5 Å². The van der Waals surface area contributed by atoms with E-state index in [1.54, 1.807) is 16.8 Å². The molecule has 1 aliphatic rings. The van der Waals surface area contributed by atoms with Crippen LogP contribution in [0.1, 0.15) is 106 Å². The Hall–Kier alpha value is -6.56. The summed E-state index contributed by atoms with van der Waals surface area (Å²) in [5.74, 6) is 1.89. The SMILES string of the molecule is C[Si](C)(C)c1cnc(-c2[c-]cccc2)cc1C1CCCCC1.Cc1nccc2nc(-c3[c-]ccc4c3oc3nc(C#N)ccc34)n(-c3c(C(C)C)cc(-c4ccc5ccccc5c4)cc3C(C)C)c12.[Ir]. The monoisotopic (exact) mass is 1110 g/mol. The van der Waals surface area contributed by atoms with Crippen LogP contribution in [0.2, 0.25) is 19.6 Å². The molecule has 0 aliphatic heterocycles. The van der Waals surface area contributed by atoms with Crippen molar-refractivity contribution in [2.24, 2.45) is 0 Å². The number of aromatic nitrogens is 5. The van der Waals surface area contributed by atoms with Crippen LogP contribution in [0.25, 0.3) is 83.3 Å². The molecule has 70 heavy (non-hydrogen) atoms. The number of nitrogens with zero attached hydrogens (tertiary/aromatic N) is 6. The Kier molecular flexibility index (Phi) is 13.9. The third-order valence-electron chi connectivity index (χ3n) is 13.9.